The lowest BCUT2D eigenvalue weighted by atomic mass is 10.00. The molecule has 2 amide bonds. The number of rotatable bonds is 6. The van der Waals surface area contributed by atoms with Gasteiger partial charge in [-0.2, -0.15) is 5.10 Å². The zero-order chi connectivity index (χ0) is 25.6. The summed E-state index contributed by atoms with van der Waals surface area (Å²) in [4.78, 5) is 36.3. The minimum Gasteiger partial charge on any atom is -0.453 e. The summed E-state index contributed by atoms with van der Waals surface area (Å²) in [6, 6.07) is 14.3. The Labute approximate surface area is 201 Å². The summed E-state index contributed by atoms with van der Waals surface area (Å²) in [5, 5.41) is 11.6. The average Bonchev–Trinajstić information content (AvgIpc) is 2.80. The van der Waals surface area contributed by atoms with Gasteiger partial charge in [0.05, 0.1) is 30.1 Å². The Morgan fingerprint density at radius 3 is 2.43 bits per heavy atom. The van der Waals surface area contributed by atoms with Crippen molar-refractivity contribution >= 4 is 17.9 Å². The minimum atomic E-state index is -0.815. The maximum atomic E-state index is 14.5. The molecule has 0 bridgehead atoms. The predicted molar refractivity (Wildman–Crippen MR) is 129 cm³/mol. The molecule has 0 aliphatic heterocycles. The van der Waals surface area contributed by atoms with E-state index in [1.807, 2.05) is 30.3 Å². The summed E-state index contributed by atoms with van der Waals surface area (Å²) < 4.78 is 24.4. The maximum Gasteiger partial charge on any atom is 0.411 e. The SMILES string of the molecule is COC(=O)Nc1ccc(-c2cc(CC(NC(=O)OC(C)(C)C)c3ccccc3)n[nH]c2=O)cc1F. The molecular weight excluding hydrogens is 455 g/mol. The van der Waals surface area contributed by atoms with E-state index in [1.165, 1.54) is 25.3 Å². The van der Waals surface area contributed by atoms with E-state index in [1.54, 1.807) is 20.8 Å². The van der Waals surface area contributed by atoms with Crippen molar-refractivity contribution in [3.05, 3.63) is 82.0 Å². The Morgan fingerprint density at radius 2 is 1.80 bits per heavy atom. The first-order chi connectivity index (χ1) is 16.6. The number of nitrogens with one attached hydrogen (secondary N) is 3. The van der Waals surface area contributed by atoms with Gasteiger partial charge in [0.15, 0.2) is 0 Å². The van der Waals surface area contributed by atoms with Gasteiger partial charge in [0.2, 0.25) is 0 Å². The van der Waals surface area contributed by atoms with Crippen LogP contribution in [0, 0.1) is 5.82 Å². The lowest BCUT2D eigenvalue weighted by molar-refractivity contribution is 0.0503. The number of aromatic amines is 1. The summed E-state index contributed by atoms with van der Waals surface area (Å²) in [7, 11) is 1.17. The molecule has 0 saturated heterocycles. The number of aromatic nitrogens is 2. The summed E-state index contributed by atoms with van der Waals surface area (Å²) in [6.07, 6.45) is -1.17. The number of ether oxygens (including phenoxy) is 2. The van der Waals surface area contributed by atoms with E-state index in [0.717, 1.165) is 11.6 Å². The third-order valence-electron chi connectivity index (χ3n) is 4.87. The number of hydrogen-bond donors (Lipinski definition) is 3. The molecule has 2 aromatic carbocycles. The van der Waals surface area contributed by atoms with Crippen molar-refractivity contribution < 1.29 is 23.5 Å². The highest BCUT2D eigenvalue weighted by molar-refractivity contribution is 5.85. The Morgan fingerprint density at radius 1 is 1.09 bits per heavy atom. The third kappa shape index (κ3) is 7.13. The second-order valence-electron chi connectivity index (χ2n) is 8.73. The number of nitrogens with zero attached hydrogens (tertiary/aromatic N) is 1. The Kier molecular flexibility index (Phi) is 7.85. The summed E-state index contributed by atoms with van der Waals surface area (Å²) >= 11 is 0. The van der Waals surface area contributed by atoms with Crippen molar-refractivity contribution in [3.8, 4) is 11.1 Å². The lowest BCUT2D eigenvalue weighted by Crippen LogP contribution is -2.36. The zero-order valence-corrected chi connectivity index (χ0v) is 19.8. The van der Waals surface area contributed by atoms with E-state index in [-0.39, 0.29) is 17.7 Å². The van der Waals surface area contributed by atoms with Crippen LogP contribution >= 0.6 is 0 Å². The molecule has 10 heteroatoms. The zero-order valence-electron chi connectivity index (χ0n) is 19.8. The van der Waals surface area contributed by atoms with E-state index < -0.39 is 35.2 Å². The second kappa shape index (κ2) is 10.8. The molecule has 1 heterocycles. The van der Waals surface area contributed by atoms with Gasteiger partial charge in [0.25, 0.3) is 5.56 Å². The molecule has 1 aromatic heterocycles. The lowest BCUT2D eigenvalue weighted by Gasteiger charge is -2.24. The van der Waals surface area contributed by atoms with Crippen LogP contribution in [0.25, 0.3) is 11.1 Å². The smallest absolute Gasteiger partial charge is 0.411 e. The number of anilines is 1. The van der Waals surface area contributed by atoms with Crippen molar-refractivity contribution in [1.29, 1.82) is 0 Å². The van der Waals surface area contributed by atoms with Crippen LogP contribution < -0.4 is 16.2 Å². The fourth-order valence-corrected chi connectivity index (χ4v) is 3.31. The quantitative estimate of drug-likeness (QED) is 0.473. The fourth-order valence-electron chi connectivity index (χ4n) is 3.31. The van der Waals surface area contributed by atoms with Crippen LogP contribution in [-0.4, -0.2) is 35.1 Å². The standard InChI is InChI=1S/C25H27FN4O5/c1-25(2,3)35-24(33)28-21(15-8-6-5-7-9-15)14-17-13-18(22(31)30-29-17)16-10-11-20(19(26)12-16)27-23(32)34-4/h5-13,21H,14H2,1-4H3,(H,27,32)(H,28,33)(H,30,31). The number of benzene rings is 2. The molecule has 0 spiro atoms. The van der Waals surface area contributed by atoms with Gasteiger partial charge in [0, 0.05) is 6.42 Å². The third-order valence-corrected chi connectivity index (χ3v) is 4.87. The van der Waals surface area contributed by atoms with E-state index in [9.17, 15) is 18.8 Å². The molecule has 0 radical (unpaired) electrons. The Balaban J connectivity index is 1.89. The minimum absolute atomic E-state index is 0.0861. The van der Waals surface area contributed by atoms with E-state index in [0.29, 0.717) is 11.3 Å². The summed E-state index contributed by atoms with van der Waals surface area (Å²) in [5.74, 6) is -0.737. The highest BCUT2D eigenvalue weighted by Crippen LogP contribution is 2.24. The summed E-state index contributed by atoms with van der Waals surface area (Å²) in [5.41, 5.74) is 0.476. The molecule has 9 nitrogen and oxygen atoms in total. The van der Waals surface area contributed by atoms with E-state index >= 15 is 0 Å². The average molecular weight is 483 g/mol. The first-order valence-corrected chi connectivity index (χ1v) is 10.8. The van der Waals surface area contributed by atoms with Crippen LogP contribution in [-0.2, 0) is 15.9 Å². The number of hydrogen-bond acceptors (Lipinski definition) is 6. The van der Waals surface area contributed by atoms with Crippen LogP contribution in [0.15, 0.2) is 59.4 Å². The molecule has 0 saturated carbocycles. The number of amides is 2. The van der Waals surface area contributed by atoms with Crippen molar-refractivity contribution in [2.75, 3.05) is 12.4 Å². The highest BCUT2D eigenvalue weighted by Gasteiger charge is 2.22. The van der Waals surface area contributed by atoms with Gasteiger partial charge in [0.1, 0.15) is 11.4 Å². The normalized spacial score (nSPS) is 11.9. The van der Waals surface area contributed by atoms with Gasteiger partial charge in [-0.05, 0) is 50.1 Å². The number of carbonyl (C=O) groups excluding carboxylic acids is 2. The van der Waals surface area contributed by atoms with Crippen molar-refractivity contribution in [3.63, 3.8) is 0 Å². The molecule has 1 atom stereocenters. The van der Waals surface area contributed by atoms with Gasteiger partial charge in [-0.1, -0.05) is 36.4 Å². The van der Waals surface area contributed by atoms with Gasteiger partial charge in [-0.3, -0.25) is 10.1 Å². The van der Waals surface area contributed by atoms with Crippen molar-refractivity contribution in [2.45, 2.75) is 38.8 Å². The second-order valence-corrected chi connectivity index (χ2v) is 8.73. The maximum absolute atomic E-state index is 14.5. The molecular formula is C25H27FN4O5. The predicted octanol–water partition coefficient (Wildman–Crippen LogP) is 4.56. The van der Waals surface area contributed by atoms with Crippen LogP contribution in [0.1, 0.15) is 38.1 Å². The molecule has 184 valence electrons. The molecule has 0 fully saturated rings. The van der Waals surface area contributed by atoms with E-state index in [2.05, 4.69) is 25.6 Å². The molecule has 0 aliphatic rings. The monoisotopic (exact) mass is 482 g/mol. The summed E-state index contributed by atoms with van der Waals surface area (Å²) in [6.45, 7) is 5.31. The fraction of sp³-hybridized carbons (Fsp3) is 0.280. The molecule has 3 rings (SSSR count). The molecule has 3 aromatic rings. The number of carbonyl (C=O) groups is 2. The first-order valence-electron chi connectivity index (χ1n) is 10.8. The van der Waals surface area contributed by atoms with Crippen molar-refractivity contribution in [1.82, 2.24) is 15.5 Å². The van der Waals surface area contributed by atoms with Gasteiger partial charge in [-0.15, -0.1) is 0 Å². The molecule has 0 aliphatic carbocycles. The van der Waals surface area contributed by atoms with E-state index in [4.69, 9.17) is 4.74 Å². The highest BCUT2D eigenvalue weighted by atomic mass is 19.1. The molecule has 35 heavy (non-hydrogen) atoms. The van der Waals surface area contributed by atoms with Gasteiger partial charge < -0.3 is 14.8 Å². The van der Waals surface area contributed by atoms with Crippen LogP contribution in [0.4, 0.5) is 19.7 Å². The number of halogens is 1. The largest absolute Gasteiger partial charge is 0.453 e. The Hall–Kier alpha value is -4.21. The molecule has 1 unspecified atom stereocenters. The van der Waals surface area contributed by atoms with Crippen molar-refractivity contribution in [2.24, 2.45) is 0 Å². The van der Waals surface area contributed by atoms with Gasteiger partial charge >= 0.3 is 12.2 Å². The van der Waals surface area contributed by atoms with Crippen LogP contribution in [0.5, 0.6) is 0 Å². The van der Waals surface area contributed by atoms with Crippen LogP contribution in [0.2, 0.25) is 0 Å². The molecule has 3 N–H and O–H groups in total. The topological polar surface area (TPSA) is 122 Å². The van der Waals surface area contributed by atoms with Crippen LogP contribution in [0.3, 0.4) is 0 Å². The Bertz CT molecular complexity index is 1250. The number of alkyl carbamates (subject to hydrolysis) is 1. The number of methoxy groups -OCH3 is 1. The van der Waals surface area contributed by atoms with Gasteiger partial charge in [-0.25, -0.2) is 19.1 Å². The number of H-pyrrole nitrogens is 1. The first kappa shape index (κ1) is 25.4.